The summed E-state index contributed by atoms with van der Waals surface area (Å²) in [6.45, 7) is 0. The van der Waals surface area contributed by atoms with Gasteiger partial charge in [-0.3, -0.25) is 4.90 Å². The predicted octanol–water partition coefficient (Wildman–Crippen LogP) is 2.69. The Kier molecular flexibility index (Phi) is 2.22. The molecule has 3 heteroatoms. The van der Waals surface area contributed by atoms with E-state index in [9.17, 15) is 0 Å². The van der Waals surface area contributed by atoms with E-state index in [1.54, 1.807) is 0 Å². The van der Waals surface area contributed by atoms with Crippen molar-refractivity contribution in [3.05, 3.63) is 29.0 Å². The topological polar surface area (TPSA) is 16.1 Å². The van der Waals surface area contributed by atoms with Crippen molar-refractivity contribution in [3.8, 4) is 0 Å². The van der Waals surface area contributed by atoms with E-state index in [1.807, 2.05) is 12.3 Å². The lowest BCUT2D eigenvalue weighted by atomic mass is 9.85. The van der Waals surface area contributed by atoms with Crippen LogP contribution >= 0.6 is 11.6 Å². The van der Waals surface area contributed by atoms with Crippen LogP contribution in [0.25, 0.3) is 0 Å². The number of nitrogens with zero attached hydrogens (tertiary/aromatic N) is 2. The van der Waals surface area contributed by atoms with Crippen LogP contribution in [-0.4, -0.2) is 29.0 Å². The molecule has 1 aromatic rings. The number of likely N-dealkylation sites (N-methyl/N-ethyl adjacent to an activating group) is 1. The number of fused-ring (bicyclic) bond motifs is 2. The standard InChI is InChI=1S/C12H15ClN2/c1-15-9-3-4-11(15)10(6-9)8-2-5-12(13)14-7-8/h2,5,7,9-11H,3-4,6H2,1H3/t9-,10+,11+/m1/s1. The van der Waals surface area contributed by atoms with Gasteiger partial charge in [-0.15, -0.1) is 0 Å². The lowest BCUT2D eigenvalue weighted by Crippen LogP contribution is -2.25. The second-order valence-corrected chi connectivity index (χ2v) is 5.11. The highest BCUT2D eigenvalue weighted by molar-refractivity contribution is 6.29. The second kappa shape index (κ2) is 3.46. The molecule has 0 spiro atoms. The number of rotatable bonds is 1. The molecule has 2 bridgehead atoms. The minimum absolute atomic E-state index is 0.593. The van der Waals surface area contributed by atoms with E-state index in [-0.39, 0.29) is 0 Å². The number of hydrogen-bond acceptors (Lipinski definition) is 2. The first-order chi connectivity index (χ1) is 7.25. The van der Waals surface area contributed by atoms with Gasteiger partial charge in [0.2, 0.25) is 0 Å². The Morgan fingerprint density at radius 1 is 1.40 bits per heavy atom. The monoisotopic (exact) mass is 222 g/mol. The molecule has 3 atom stereocenters. The lowest BCUT2D eigenvalue weighted by Gasteiger charge is -2.21. The fourth-order valence-corrected chi connectivity index (χ4v) is 3.34. The minimum atomic E-state index is 0.593. The van der Waals surface area contributed by atoms with Crippen LogP contribution in [0.1, 0.15) is 30.7 Å². The predicted molar refractivity (Wildman–Crippen MR) is 61.2 cm³/mol. The summed E-state index contributed by atoms with van der Waals surface area (Å²) in [6, 6.07) is 5.57. The summed E-state index contributed by atoms with van der Waals surface area (Å²) in [5, 5.41) is 0.593. The van der Waals surface area contributed by atoms with Gasteiger partial charge >= 0.3 is 0 Å². The summed E-state index contributed by atoms with van der Waals surface area (Å²) in [4.78, 5) is 6.72. The zero-order valence-electron chi connectivity index (χ0n) is 8.86. The first kappa shape index (κ1) is 9.61. The van der Waals surface area contributed by atoms with Crippen molar-refractivity contribution in [3.63, 3.8) is 0 Å². The SMILES string of the molecule is CN1[C@@H]2CC[C@H]1[C@H](c1ccc(Cl)nc1)C2. The number of pyridine rings is 1. The Morgan fingerprint density at radius 2 is 2.27 bits per heavy atom. The highest BCUT2D eigenvalue weighted by Gasteiger charge is 2.44. The van der Waals surface area contributed by atoms with Gasteiger partial charge in [0, 0.05) is 24.2 Å². The van der Waals surface area contributed by atoms with E-state index in [0.29, 0.717) is 11.1 Å². The van der Waals surface area contributed by atoms with Gasteiger partial charge < -0.3 is 0 Å². The summed E-state index contributed by atoms with van der Waals surface area (Å²) in [5.41, 5.74) is 1.36. The normalized spacial score (nSPS) is 34.9. The first-order valence-corrected chi connectivity index (χ1v) is 5.97. The zero-order chi connectivity index (χ0) is 10.4. The van der Waals surface area contributed by atoms with Crippen molar-refractivity contribution in [2.75, 3.05) is 7.05 Å². The Balaban J connectivity index is 1.87. The molecular formula is C12H15ClN2. The van der Waals surface area contributed by atoms with E-state index in [0.717, 1.165) is 12.1 Å². The molecule has 0 saturated carbocycles. The van der Waals surface area contributed by atoms with E-state index in [1.165, 1.54) is 24.8 Å². The van der Waals surface area contributed by atoms with Crippen LogP contribution < -0.4 is 0 Å². The molecule has 15 heavy (non-hydrogen) atoms. The molecule has 2 aliphatic rings. The molecule has 3 rings (SSSR count). The van der Waals surface area contributed by atoms with Gasteiger partial charge in [0.15, 0.2) is 0 Å². The summed E-state index contributed by atoms with van der Waals surface area (Å²) in [7, 11) is 2.26. The van der Waals surface area contributed by atoms with Crippen molar-refractivity contribution in [2.45, 2.75) is 37.3 Å². The van der Waals surface area contributed by atoms with Crippen LogP contribution in [0, 0.1) is 0 Å². The Bertz CT molecular complexity index is 362. The van der Waals surface area contributed by atoms with Gasteiger partial charge in [-0.25, -0.2) is 4.98 Å². The van der Waals surface area contributed by atoms with Crippen molar-refractivity contribution in [2.24, 2.45) is 0 Å². The van der Waals surface area contributed by atoms with E-state index < -0.39 is 0 Å². The van der Waals surface area contributed by atoms with Gasteiger partial charge in [-0.2, -0.15) is 0 Å². The van der Waals surface area contributed by atoms with Crippen molar-refractivity contribution in [1.82, 2.24) is 9.88 Å². The average molecular weight is 223 g/mol. The Labute approximate surface area is 95.3 Å². The third-order valence-electron chi connectivity index (χ3n) is 4.06. The number of hydrogen-bond donors (Lipinski definition) is 0. The van der Waals surface area contributed by atoms with Crippen LogP contribution in [0.2, 0.25) is 5.15 Å². The third-order valence-corrected chi connectivity index (χ3v) is 4.29. The minimum Gasteiger partial charge on any atom is -0.300 e. The maximum Gasteiger partial charge on any atom is 0.129 e. The van der Waals surface area contributed by atoms with Gasteiger partial charge in [-0.05, 0) is 37.9 Å². The smallest absolute Gasteiger partial charge is 0.129 e. The summed E-state index contributed by atoms with van der Waals surface area (Å²) >= 11 is 5.80. The van der Waals surface area contributed by atoms with E-state index in [2.05, 4.69) is 23.0 Å². The molecule has 0 N–H and O–H groups in total. The molecule has 0 radical (unpaired) electrons. The molecule has 80 valence electrons. The van der Waals surface area contributed by atoms with Crippen LogP contribution in [0.4, 0.5) is 0 Å². The number of halogens is 1. The first-order valence-electron chi connectivity index (χ1n) is 5.59. The van der Waals surface area contributed by atoms with Crippen LogP contribution in [0.5, 0.6) is 0 Å². The molecule has 2 aliphatic heterocycles. The molecule has 2 fully saturated rings. The molecule has 0 aliphatic carbocycles. The fraction of sp³-hybridized carbons (Fsp3) is 0.583. The Morgan fingerprint density at radius 3 is 2.80 bits per heavy atom. The quantitative estimate of drug-likeness (QED) is 0.680. The molecule has 0 unspecified atom stereocenters. The molecule has 0 aromatic carbocycles. The summed E-state index contributed by atoms with van der Waals surface area (Å²) in [5.74, 6) is 0.679. The molecule has 0 amide bonds. The van der Waals surface area contributed by atoms with Gasteiger partial charge in [0.25, 0.3) is 0 Å². The molecule has 2 saturated heterocycles. The lowest BCUT2D eigenvalue weighted by molar-refractivity contribution is 0.307. The molecular weight excluding hydrogens is 208 g/mol. The van der Waals surface area contributed by atoms with E-state index in [4.69, 9.17) is 11.6 Å². The maximum absolute atomic E-state index is 5.80. The van der Waals surface area contributed by atoms with E-state index >= 15 is 0 Å². The van der Waals surface area contributed by atoms with Crippen molar-refractivity contribution >= 4 is 11.6 Å². The molecule has 2 nitrogen and oxygen atoms in total. The van der Waals surface area contributed by atoms with Gasteiger partial charge in [0.1, 0.15) is 5.15 Å². The molecule has 3 heterocycles. The zero-order valence-corrected chi connectivity index (χ0v) is 9.61. The van der Waals surface area contributed by atoms with Crippen molar-refractivity contribution in [1.29, 1.82) is 0 Å². The van der Waals surface area contributed by atoms with Crippen LogP contribution in [-0.2, 0) is 0 Å². The Hall–Kier alpha value is -0.600. The summed E-state index contributed by atoms with van der Waals surface area (Å²) < 4.78 is 0. The highest BCUT2D eigenvalue weighted by atomic mass is 35.5. The summed E-state index contributed by atoms with van der Waals surface area (Å²) in [6.07, 6.45) is 5.96. The largest absolute Gasteiger partial charge is 0.300 e. The highest BCUT2D eigenvalue weighted by Crippen LogP contribution is 2.45. The van der Waals surface area contributed by atoms with Gasteiger partial charge in [-0.1, -0.05) is 17.7 Å². The maximum atomic E-state index is 5.80. The molecule has 1 aromatic heterocycles. The number of aromatic nitrogens is 1. The second-order valence-electron chi connectivity index (χ2n) is 4.72. The van der Waals surface area contributed by atoms with Crippen LogP contribution in [0.15, 0.2) is 18.3 Å². The third kappa shape index (κ3) is 1.47. The average Bonchev–Trinajstić information content (AvgIpc) is 2.75. The van der Waals surface area contributed by atoms with Crippen LogP contribution in [0.3, 0.4) is 0 Å². The van der Waals surface area contributed by atoms with Crippen molar-refractivity contribution < 1.29 is 0 Å². The fourth-order valence-electron chi connectivity index (χ4n) is 3.23. The van der Waals surface area contributed by atoms with Gasteiger partial charge in [0.05, 0.1) is 0 Å².